The van der Waals surface area contributed by atoms with Crippen LogP contribution in [0.5, 0.6) is 5.75 Å². The molecule has 0 heterocycles. The molecule has 2 unspecified atom stereocenters. The minimum atomic E-state index is -4.75. The van der Waals surface area contributed by atoms with E-state index in [1.165, 1.54) is 23.1 Å². The lowest BCUT2D eigenvalue weighted by Crippen LogP contribution is -2.32. The molecule has 0 spiro atoms. The number of halogens is 3. The summed E-state index contributed by atoms with van der Waals surface area (Å²) in [5.74, 6) is -0.511. The molecule has 2 atom stereocenters. The van der Waals surface area contributed by atoms with Gasteiger partial charge in [-0.3, -0.25) is 4.79 Å². The first kappa shape index (κ1) is 16.6. The Morgan fingerprint density at radius 1 is 1.36 bits per heavy atom. The van der Waals surface area contributed by atoms with Gasteiger partial charge in [-0.25, -0.2) is 0 Å². The molecule has 22 heavy (non-hydrogen) atoms. The highest BCUT2D eigenvalue weighted by Gasteiger charge is 2.33. The number of hydrogen-bond acceptors (Lipinski definition) is 3. The maximum Gasteiger partial charge on any atom is 0.573 e. The number of nitrogens with zero attached hydrogens (tertiary/aromatic N) is 1. The highest BCUT2D eigenvalue weighted by molar-refractivity contribution is 5.79. The van der Waals surface area contributed by atoms with Gasteiger partial charge >= 0.3 is 6.36 Å². The van der Waals surface area contributed by atoms with E-state index in [1.807, 2.05) is 0 Å². The molecular weight excluding hydrogens is 297 g/mol. The van der Waals surface area contributed by atoms with Gasteiger partial charge in [0, 0.05) is 31.1 Å². The third kappa shape index (κ3) is 4.37. The van der Waals surface area contributed by atoms with Gasteiger partial charge in [0.05, 0.1) is 0 Å². The number of carbonyl (C=O) groups is 1. The maximum absolute atomic E-state index is 12.4. The molecule has 0 aliphatic heterocycles. The van der Waals surface area contributed by atoms with E-state index in [0.29, 0.717) is 12.0 Å². The van der Waals surface area contributed by atoms with Crippen molar-refractivity contribution in [1.82, 2.24) is 4.90 Å². The number of hydrogen-bond donors (Lipinski definition) is 1. The molecule has 2 rings (SSSR count). The van der Waals surface area contributed by atoms with Crippen LogP contribution in [0.4, 0.5) is 13.2 Å². The highest BCUT2D eigenvalue weighted by Crippen LogP contribution is 2.29. The van der Waals surface area contributed by atoms with Crippen molar-refractivity contribution in [3.63, 3.8) is 0 Å². The molecule has 1 amide bonds. The lowest BCUT2D eigenvalue weighted by Gasteiger charge is -2.22. The second-order valence-electron chi connectivity index (χ2n) is 5.62. The maximum atomic E-state index is 12.4. The molecule has 0 aromatic heterocycles. The fourth-order valence-electron chi connectivity index (χ4n) is 2.74. The van der Waals surface area contributed by atoms with Crippen molar-refractivity contribution >= 4 is 5.91 Å². The fraction of sp³-hybridized carbons (Fsp3) is 0.533. The largest absolute Gasteiger partial charge is 0.573 e. The van der Waals surface area contributed by atoms with Crippen LogP contribution >= 0.6 is 0 Å². The second kappa shape index (κ2) is 6.56. The molecule has 1 saturated carbocycles. The molecule has 7 heteroatoms. The Morgan fingerprint density at radius 2 is 2.05 bits per heavy atom. The van der Waals surface area contributed by atoms with E-state index in [1.54, 1.807) is 13.1 Å². The molecule has 4 nitrogen and oxygen atoms in total. The third-order valence-electron chi connectivity index (χ3n) is 3.80. The predicted molar refractivity (Wildman–Crippen MR) is 74.9 cm³/mol. The Hall–Kier alpha value is -1.76. The molecule has 1 aromatic carbocycles. The van der Waals surface area contributed by atoms with Crippen LogP contribution in [0.25, 0.3) is 0 Å². The van der Waals surface area contributed by atoms with Crippen LogP contribution in [0.15, 0.2) is 24.3 Å². The molecule has 0 saturated heterocycles. The van der Waals surface area contributed by atoms with Gasteiger partial charge in [-0.2, -0.15) is 0 Å². The lowest BCUT2D eigenvalue weighted by molar-refractivity contribution is -0.275. The van der Waals surface area contributed by atoms with Crippen LogP contribution in [0.3, 0.4) is 0 Å². The van der Waals surface area contributed by atoms with Crippen molar-refractivity contribution < 1.29 is 22.7 Å². The summed E-state index contributed by atoms with van der Waals surface area (Å²) in [4.78, 5) is 13.7. The van der Waals surface area contributed by atoms with Gasteiger partial charge < -0.3 is 15.4 Å². The molecule has 1 aliphatic rings. The Morgan fingerprint density at radius 3 is 2.64 bits per heavy atom. The van der Waals surface area contributed by atoms with Crippen molar-refractivity contribution in [2.24, 2.45) is 11.7 Å². The number of ether oxygens (including phenoxy) is 1. The lowest BCUT2D eigenvalue weighted by atomic mass is 10.1. The molecule has 0 radical (unpaired) electrons. The first-order valence-electron chi connectivity index (χ1n) is 7.10. The Balaban J connectivity index is 2.05. The molecule has 1 aromatic rings. The Bertz CT molecular complexity index is 534. The first-order chi connectivity index (χ1) is 10.3. The number of amides is 1. The van der Waals surface area contributed by atoms with Gasteiger partial charge in [0.2, 0.25) is 5.91 Å². The second-order valence-corrected chi connectivity index (χ2v) is 5.62. The van der Waals surface area contributed by atoms with E-state index in [0.717, 1.165) is 12.8 Å². The average Bonchev–Trinajstić information content (AvgIpc) is 2.85. The van der Waals surface area contributed by atoms with Crippen LogP contribution in [-0.4, -0.2) is 30.3 Å². The van der Waals surface area contributed by atoms with Crippen molar-refractivity contribution in [3.8, 4) is 5.75 Å². The molecule has 2 N–H and O–H groups in total. The van der Waals surface area contributed by atoms with Gasteiger partial charge in [0.15, 0.2) is 0 Å². The monoisotopic (exact) mass is 316 g/mol. The smallest absolute Gasteiger partial charge is 0.405 e. The van der Waals surface area contributed by atoms with Crippen molar-refractivity contribution in [2.45, 2.75) is 38.2 Å². The predicted octanol–water partition coefficient (Wildman–Crippen LogP) is 2.67. The van der Waals surface area contributed by atoms with E-state index in [9.17, 15) is 18.0 Å². The third-order valence-corrected chi connectivity index (χ3v) is 3.80. The summed E-state index contributed by atoms with van der Waals surface area (Å²) in [5, 5.41) is 0. The van der Waals surface area contributed by atoms with Gasteiger partial charge in [-0.1, -0.05) is 18.2 Å². The minimum Gasteiger partial charge on any atom is -0.405 e. The molecule has 1 aliphatic carbocycles. The molecular formula is C15H19F3N2O2. The van der Waals surface area contributed by atoms with Crippen LogP contribution < -0.4 is 10.5 Å². The first-order valence-corrected chi connectivity index (χ1v) is 7.10. The van der Waals surface area contributed by atoms with Crippen LogP contribution in [-0.2, 0) is 11.3 Å². The van der Waals surface area contributed by atoms with Gasteiger partial charge in [0.25, 0.3) is 0 Å². The number of nitrogens with two attached hydrogens (primary N) is 1. The van der Waals surface area contributed by atoms with Gasteiger partial charge in [-0.05, 0) is 25.3 Å². The number of carbonyl (C=O) groups excluding carboxylic acids is 1. The highest BCUT2D eigenvalue weighted by atomic mass is 19.4. The van der Waals surface area contributed by atoms with E-state index < -0.39 is 6.36 Å². The van der Waals surface area contributed by atoms with Gasteiger partial charge in [0.1, 0.15) is 5.75 Å². The van der Waals surface area contributed by atoms with E-state index in [2.05, 4.69) is 4.74 Å². The van der Waals surface area contributed by atoms with Crippen LogP contribution in [0, 0.1) is 5.92 Å². The normalized spacial score (nSPS) is 21.7. The molecule has 122 valence electrons. The number of alkyl halides is 3. The quantitative estimate of drug-likeness (QED) is 0.929. The van der Waals surface area contributed by atoms with Gasteiger partial charge in [-0.15, -0.1) is 13.2 Å². The summed E-state index contributed by atoms with van der Waals surface area (Å²) >= 11 is 0. The SMILES string of the molecule is CN(Cc1ccccc1OC(F)(F)F)C(=O)C1CCC(N)C1. The number of benzene rings is 1. The molecule has 0 bridgehead atoms. The minimum absolute atomic E-state index is 0.0307. The Labute approximate surface area is 127 Å². The van der Waals surface area contributed by atoms with Crippen molar-refractivity contribution in [1.29, 1.82) is 0 Å². The standard InChI is InChI=1S/C15H19F3N2O2/c1-20(14(21)10-6-7-12(19)8-10)9-11-4-2-3-5-13(11)22-15(16,17)18/h2-5,10,12H,6-9,19H2,1H3. The summed E-state index contributed by atoms with van der Waals surface area (Å²) in [6.45, 7) is 0.0663. The van der Waals surface area contributed by atoms with Crippen molar-refractivity contribution in [3.05, 3.63) is 29.8 Å². The van der Waals surface area contributed by atoms with Crippen LogP contribution in [0.2, 0.25) is 0 Å². The number of para-hydroxylation sites is 1. The summed E-state index contributed by atoms with van der Waals surface area (Å²) in [6, 6.07) is 5.87. The topological polar surface area (TPSA) is 55.6 Å². The average molecular weight is 316 g/mol. The summed E-state index contributed by atoms with van der Waals surface area (Å²) in [5.41, 5.74) is 6.11. The zero-order chi connectivity index (χ0) is 16.3. The van der Waals surface area contributed by atoms with Crippen molar-refractivity contribution in [2.75, 3.05) is 7.05 Å². The summed E-state index contributed by atoms with van der Waals surface area (Å²) < 4.78 is 41.2. The zero-order valence-corrected chi connectivity index (χ0v) is 12.3. The van der Waals surface area contributed by atoms with E-state index in [4.69, 9.17) is 5.73 Å². The zero-order valence-electron chi connectivity index (χ0n) is 12.3. The van der Waals surface area contributed by atoms with E-state index in [-0.39, 0.29) is 30.2 Å². The number of rotatable bonds is 4. The van der Waals surface area contributed by atoms with E-state index >= 15 is 0 Å². The van der Waals surface area contributed by atoms with Crippen LogP contribution in [0.1, 0.15) is 24.8 Å². The summed E-state index contributed by atoms with van der Waals surface area (Å²) in [6.07, 6.45) is -2.59. The summed E-state index contributed by atoms with van der Waals surface area (Å²) in [7, 11) is 1.58. The Kier molecular flexibility index (Phi) is 4.95. The fourth-order valence-corrected chi connectivity index (χ4v) is 2.74. The molecule has 1 fully saturated rings.